The Morgan fingerprint density at radius 3 is 3.00 bits per heavy atom. The van der Waals surface area contributed by atoms with Gasteiger partial charge in [0, 0.05) is 24.3 Å². The molecular weight excluding hydrogens is 304 g/mol. The fourth-order valence-electron chi connectivity index (χ4n) is 2.73. The van der Waals surface area contributed by atoms with Crippen molar-refractivity contribution in [1.82, 2.24) is 4.90 Å². The average molecular weight is 321 g/mol. The number of rotatable bonds is 3. The fourth-order valence-corrected chi connectivity index (χ4v) is 4.01. The molecule has 2 atom stereocenters. The van der Waals surface area contributed by atoms with Crippen LogP contribution in [0.1, 0.15) is 5.69 Å². The van der Waals surface area contributed by atoms with E-state index in [0.29, 0.717) is 23.6 Å². The number of carboxylic acid groups (broad SMARTS) is 1. The van der Waals surface area contributed by atoms with Crippen LogP contribution in [0, 0.1) is 6.92 Å². The molecule has 1 amide bonds. The third-order valence-corrected chi connectivity index (χ3v) is 5.40. The zero-order valence-electron chi connectivity index (χ0n) is 12.0. The molecular formula is C14H17N4O3S+. The number of carbonyl (C=O) groups excluding carboxylic acids is 1. The van der Waals surface area contributed by atoms with Gasteiger partial charge in [-0.15, -0.1) is 11.8 Å². The number of hydrogen-bond donors (Lipinski definition) is 3. The van der Waals surface area contributed by atoms with Crippen molar-refractivity contribution in [3.05, 3.63) is 35.3 Å². The summed E-state index contributed by atoms with van der Waals surface area (Å²) < 4.78 is 1.89. The molecule has 3 heterocycles. The van der Waals surface area contributed by atoms with Gasteiger partial charge in [0.25, 0.3) is 0 Å². The first-order valence-corrected chi connectivity index (χ1v) is 7.86. The summed E-state index contributed by atoms with van der Waals surface area (Å²) >= 11 is 1.50. The number of aliphatic carboxylic acids is 1. The summed E-state index contributed by atoms with van der Waals surface area (Å²) in [4.78, 5) is 24.8. The zero-order valence-corrected chi connectivity index (χ0v) is 12.8. The van der Waals surface area contributed by atoms with Gasteiger partial charge < -0.3 is 16.6 Å². The second-order valence-corrected chi connectivity index (χ2v) is 6.47. The Labute approximate surface area is 131 Å². The first-order chi connectivity index (χ1) is 10.4. The Morgan fingerprint density at radius 1 is 1.59 bits per heavy atom. The highest BCUT2D eigenvalue weighted by atomic mass is 32.2. The largest absolute Gasteiger partial charge is 0.477 e. The molecule has 2 aliphatic heterocycles. The predicted octanol–water partition coefficient (Wildman–Crippen LogP) is -0.554. The fraction of sp³-hybridized carbons (Fsp3) is 0.357. The van der Waals surface area contributed by atoms with E-state index in [0.717, 1.165) is 5.69 Å². The normalized spacial score (nSPS) is 24.1. The van der Waals surface area contributed by atoms with E-state index in [1.165, 1.54) is 16.7 Å². The lowest BCUT2D eigenvalue weighted by molar-refractivity contribution is -0.694. The van der Waals surface area contributed by atoms with Gasteiger partial charge in [0.05, 0.1) is 5.69 Å². The van der Waals surface area contributed by atoms with Crippen LogP contribution in [0.4, 0.5) is 5.69 Å². The maximum Gasteiger partial charge on any atom is 0.352 e. The maximum atomic E-state index is 11.9. The summed E-state index contributed by atoms with van der Waals surface area (Å²) in [5.74, 6) is -0.894. The van der Waals surface area contributed by atoms with Crippen LogP contribution >= 0.6 is 11.8 Å². The topological polar surface area (TPSA) is 114 Å². The molecule has 22 heavy (non-hydrogen) atoms. The van der Waals surface area contributed by atoms with Crippen molar-refractivity contribution >= 4 is 29.3 Å². The smallest absolute Gasteiger partial charge is 0.352 e. The van der Waals surface area contributed by atoms with E-state index in [1.54, 1.807) is 6.07 Å². The minimum atomic E-state index is -1.09. The molecule has 116 valence electrons. The van der Waals surface area contributed by atoms with Crippen molar-refractivity contribution in [3.8, 4) is 0 Å². The van der Waals surface area contributed by atoms with Gasteiger partial charge in [-0.25, -0.2) is 4.79 Å². The third kappa shape index (κ3) is 2.15. The first kappa shape index (κ1) is 14.9. The number of amides is 1. The predicted molar refractivity (Wildman–Crippen MR) is 81.5 cm³/mol. The van der Waals surface area contributed by atoms with E-state index in [2.05, 4.69) is 0 Å². The van der Waals surface area contributed by atoms with Gasteiger partial charge in [-0.2, -0.15) is 4.57 Å². The molecule has 0 radical (unpaired) electrons. The average Bonchev–Trinajstić information content (AvgIpc) is 2.50. The number of hydrogen-bond acceptors (Lipinski definition) is 5. The van der Waals surface area contributed by atoms with E-state index >= 15 is 0 Å². The number of carbonyl (C=O) groups is 2. The molecule has 0 aromatic carbocycles. The quantitative estimate of drug-likeness (QED) is 0.508. The number of anilines is 1. The summed E-state index contributed by atoms with van der Waals surface area (Å²) in [6.45, 7) is 2.26. The van der Waals surface area contributed by atoms with Crippen molar-refractivity contribution in [2.24, 2.45) is 5.73 Å². The summed E-state index contributed by atoms with van der Waals surface area (Å²) in [7, 11) is 0. The number of nitrogen functional groups attached to an aromatic ring is 1. The number of pyridine rings is 1. The summed E-state index contributed by atoms with van der Waals surface area (Å²) in [5.41, 5.74) is 13.9. The number of fused-ring (bicyclic) bond motifs is 1. The highest BCUT2D eigenvalue weighted by Crippen LogP contribution is 2.39. The number of aromatic nitrogens is 1. The van der Waals surface area contributed by atoms with Gasteiger partial charge in [0.2, 0.25) is 11.6 Å². The highest BCUT2D eigenvalue weighted by molar-refractivity contribution is 8.00. The number of nitrogens with two attached hydrogens (primary N) is 2. The first-order valence-electron chi connectivity index (χ1n) is 6.82. The van der Waals surface area contributed by atoms with E-state index < -0.39 is 12.0 Å². The summed E-state index contributed by atoms with van der Waals surface area (Å²) in [6.07, 6.45) is 1.85. The Balaban J connectivity index is 1.98. The Bertz CT molecular complexity index is 703. The van der Waals surface area contributed by atoms with Crippen molar-refractivity contribution in [1.29, 1.82) is 0 Å². The Kier molecular flexibility index (Phi) is 3.57. The highest BCUT2D eigenvalue weighted by Gasteiger charge is 2.52. The monoisotopic (exact) mass is 321 g/mol. The van der Waals surface area contributed by atoms with E-state index in [-0.39, 0.29) is 17.0 Å². The molecule has 1 fully saturated rings. The molecule has 7 nitrogen and oxygen atoms in total. The van der Waals surface area contributed by atoms with Crippen LogP contribution in [0.25, 0.3) is 0 Å². The lowest BCUT2D eigenvalue weighted by Crippen LogP contribution is -2.68. The van der Waals surface area contributed by atoms with E-state index in [4.69, 9.17) is 11.5 Å². The van der Waals surface area contributed by atoms with Gasteiger partial charge >= 0.3 is 5.97 Å². The molecule has 2 aliphatic rings. The molecule has 0 saturated carbocycles. The van der Waals surface area contributed by atoms with Gasteiger partial charge in [-0.05, 0) is 6.07 Å². The number of carboxylic acids is 1. The summed E-state index contributed by atoms with van der Waals surface area (Å²) in [5, 5.41) is 9.23. The lowest BCUT2D eigenvalue weighted by atomic mass is 10.0. The van der Waals surface area contributed by atoms with Gasteiger partial charge in [-0.1, -0.05) is 0 Å². The molecule has 5 N–H and O–H groups in total. The molecule has 0 bridgehead atoms. The van der Waals surface area contributed by atoms with Gasteiger partial charge in [0.15, 0.2) is 12.7 Å². The molecule has 1 aromatic heterocycles. The third-order valence-electron chi connectivity index (χ3n) is 4.04. The van der Waals surface area contributed by atoms with Crippen LogP contribution in [0.2, 0.25) is 0 Å². The minimum absolute atomic E-state index is 0.0600. The Morgan fingerprint density at radius 2 is 2.32 bits per heavy atom. The molecule has 3 rings (SSSR count). The number of nitrogens with zero attached hydrogens (tertiary/aromatic N) is 2. The van der Waals surface area contributed by atoms with Crippen LogP contribution in [0.3, 0.4) is 0 Å². The van der Waals surface area contributed by atoms with Crippen LogP contribution in [-0.4, -0.2) is 39.1 Å². The number of thioether (sulfide) groups is 1. The molecule has 0 aliphatic carbocycles. The zero-order chi connectivity index (χ0) is 16.0. The SMILES string of the molecule is Cc1c(N)ccc[n+]1CC1=C(C(=O)O)N2C(=O)[C@@H](N)[C@H]2SC1. The van der Waals surface area contributed by atoms with Crippen molar-refractivity contribution in [2.45, 2.75) is 24.9 Å². The molecule has 1 aromatic rings. The molecule has 1 saturated heterocycles. The van der Waals surface area contributed by atoms with Gasteiger partial charge in [0.1, 0.15) is 17.1 Å². The van der Waals surface area contributed by atoms with E-state index in [9.17, 15) is 14.7 Å². The van der Waals surface area contributed by atoms with Crippen molar-refractivity contribution in [3.63, 3.8) is 0 Å². The minimum Gasteiger partial charge on any atom is -0.477 e. The lowest BCUT2D eigenvalue weighted by Gasteiger charge is -2.47. The molecule has 8 heteroatoms. The summed E-state index contributed by atoms with van der Waals surface area (Å²) in [6, 6.07) is 3.00. The maximum absolute atomic E-state index is 11.9. The van der Waals surface area contributed by atoms with Crippen molar-refractivity contribution in [2.75, 3.05) is 11.5 Å². The molecule has 0 unspecified atom stereocenters. The van der Waals surface area contributed by atoms with Crippen LogP contribution < -0.4 is 16.0 Å². The van der Waals surface area contributed by atoms with Crippen LogP contribution in [-0.2, 0) is 16.1 Å². The van der Waals surface area contributed by atoms with Crippen LogP contribution in [0.15, 0.2) is 29.6 Å². The van der Waals surface area contributed by atoms with Crippen molar-refractivity contribution < 1.29 is 19.3 Å². The Hall–Kier alpha value is -2.06. The second kappa shape index (κ2) is 5.29. The van der Waals surface area contributed by atoms with Gasteiger partial charge in [-0.3, -0.25) is 9.69 Å². The second-order valence-electron chi connectivity index (χ2n) is 5.37. The van der Waals surface area contributed by atoms with Crippen LogP contribution in [0.5, 0.6) is 0 Å². The number of β-lactam (4-membered cyclic amide) rings is 1. The standard InChI is InChI=1S/C14H16N4O3S/c1-7-9(15)3-2-4-17(7)5-8-6-22-13-10(16)12(19)18(13)11(8)14(20)21/h2-4,10,13H,5-6,15-16H2,1H3/p+1/t10-,13-/m1/s1. The van der Waals surface area contributed by atoms with E-state index in [1.807, 2.05) is 23.8 Å². The molecule has 0 spiro atoms.